The molecule has 0 fully saturated rings. The van der Waals surface area contributed by atoms with E-state index in [4.69, 9.17) is 10.8 Å². The maximum Gasteiger partial charge on any atom is 0.246 e. The van der Waals surface area contributed by atoms with Gasteiger partial charge in [-0.25, -0.2) is 0 Å². The molecule has 4 N–H and O–H groups in total. The molecule has 0 aliphatic heterocycles. The average molecular weight is 448 g/mol. The molecule has 0 unspecified atom stereocenters. The van der Waals surface area contributed by atoms with Gasteiger partial charge in [0.1, 0.15) is 12.1 Å². The molecular weight excluding hydrogens is 406 g/mol. The number of likely N-dealkylation sites (N-methyl/N-ethyl adjacent to an activating group) is 2. The van der Waals surface area contributed by atoms with Crippen molar-refractivity contribution < 1.29 is 24.6 Å². The van der Waals surface area contributed by atoms with Gasteiger partial charge < -0.3 is 25.7 Å². The summed E-state index contributed by atoms with van der Waals surface area (Å²) >= 11 is 1.59. The monoisotopic (exact) mass is 447 g/mol. The Morgan fingerprint density at radius 3 is 2.13 bits per heavy atom. The zero-order chi connectivity index (χ0) is 23.3. The van der Waals surface area contributed by atoms with Gasteiger partial charge in [-0.3, -0.25) is 14.4 Å². The number of carbonyl (C=O) groups excluding carboxylic acids is 3. The number of carbonyl (C=O) groups is 3. The summed E-state index contributed by atoms with van der Waals surface area (Å²) in [6.07, 6.45) is 4.78. The number of nitrogens with zero attached hydrogens (tertiary/aromatic N) is 2. The van der Waals surface area contributed by atoms with Gasteiger partial charge in [0.25, 0.3) is 0 Å². The first-order valence-corrected chi connectivity index (χ1v) is 11.8. The Morgan fingerprint density at radius 2 is 1.63 bits per heavy atom. The summed E-state index contributed by atoms with van der Waals surface area (Å²) in [5.41, 5.74) is 4.33. The van der Waals surface area contributed by atoms with Gasteiger partial charge >= 0.3 is 0 Å². The third kappa shape index (κ3) is 11.2. The van der Waals surface area contributed by atoms with Gasteiger partial charge in [-0.1, -0.05) is 19.8 Å². The number of unbranched alkanes of at least 4 members (excludes halogenated alkanes) is 3. The average Bonchev–Trinajstić information content (AvgIpc) is 2.66. The number of aliphatic hydroxyl groups excluding tert-OH is 1. The first-order valence-electron chi connectivity index (χ1n) is 10.7. The number of rotatable bonds is 16. The third-order valence-corrected chi connectivity index (χ3v) is 6.05. The van der Waals surface area contributed by atoms with Gasteiger partial charge in [0.2, 0.25) is 17.7 Å². The van der Waals surface area contributed by atoms with Crippen molar-refractivity contribution in [3.63, 3.8) is 0 Å². The van der Waals surface area contributed by atoms with Gasteiger partial charge in [-0.15, -0.1) is 0 Å². The zero-order valence-electron chi connectivity index (χ0n) is 19.2. The Hall–Kier alpha value is -1.32. The highest BCUT2D eigenvalue weighted by Gasteiger charge is 2.36. The van der Waals surface area contributed by atoms with Crippen molar-refractivity contribution in [1.82, 2.24) is 9.80 Å². The Labute approximate surface area is 185 Å². The van der Waals surface area contributed by atoms with E-state index in [0.29, 0.717) is 18.6 Å². The maximum atomic E-state index is 13.2. The SMILES string of the molecule is CCCC(=O)N(C)[C@H](CSCCCCCCO)C(=O)N(C)[C@@H](CC(C)(C)O)C(N)=O. The molecule has 9 heteroatoms. The molecule has 0 aliphatic rings. The summed E-state index contributed by atoms with van der Waals surface area (Å²) in [7, 11) is 3.11. The van der Waals surface area contributed by atoms with Crippen LogP contribution in [0.15, 0.2) is 0 Å². The van der Waals surface area contributed by atoms with Crippen molar-refractivity contribution in [2.24, 2.45) is 5.73 Å². The van der Waals surface area contributed by atoms with Gasteiger partial charge in [-0.2, -0.15) is 11.8 Å². The fraction of sp³-hybridized carbons (Fsp3) is 0.857. The molecule has 3 amide bonds. The van der Waals surface area contributed by atoms with E-state index in [1.165, 1.54) is 16.8 Å². The zero-order valence-corrected chi connectivity index (χ0v) is 20.0. The van der Waals surface area contributed by atoms with Crippen LogP contribution < -0.4 is 5.73 Å². The van der Waals surface area contributed by atoms with Gasteiger partial charge in [0, 0.05) is 39.3 Å². The quantitative estimate of drug-likeness (QED) is 0.307. The molecule has 0 radical (unpaired) electrons. The highest BCUT2D eigenvalue weighted by molar-refractivity contribution is 7.99. The summed E-state index contributed by atoms with van der Waals surface area (Å²) in [4.78, 5) is 40.4. The second kappa shape index (κ2) is 14.6. The summed E-state index contributed by atoms with van der Waals surface area (Å²) in [6, 6.07) is -1.67. The van der Waals surface area contributed by atoms with E-state index in [0.717, 1.165) is 31.4 Å². The number of hydrogen-bond acceptors (Lipinski definition) is 6. The van der Waals surface area contributed by atoms with Crippen LogP contribution in [0.5, 0.6) is 0 Å². The number of thioether (sulfide) groups is 1. The molecule has 0 heterocycles. The molecule has 30 heavy (non-hydrogen) atoms. The molecule has 0 aromatic heterocycles. The van der Waals surface area contributed by atoms with Crippen molar-refractivity contribution in [1.29, 1.82) is 0 Å². The van der Waals surface area contributed by atoms with E-state index in [-0.39, 0.29) is 24.8 Å². The van der Waals surface area contributed by atoms with Gasteiger partial charge in [0.15, 0.2) is 0 Å². The minimum atomic E-state index is -1.17. The summed E-state index contributed by atoms with van der Waals surface area (Å²) < 4.78 is 0. The van der Waals surface area contributed by atoms with Crippen LogP contribution >= 0.6 is 11.8 Å². The smallest absolute Gasteiger partial charge is 0.246 e. The predicted octanol–water partition coefficient (Wildman–Crippen LogP) is 1.37. The first-order chi connectivity index (χ1) is 14.0. The van der Waals surface area contributed by atoms with E-state index in [1.54, 1.807) is 32.7 Å². The van der Waals surface area contributed by atoms with E-state index in [1.807, 2.05) is 6.92 Å². The number of nitrogens with two attached hydrogens (primary N) is 1. The van der Waals surface area contributed by atoms with Gasteiger partial charge in [0.05, 0.1) is 5.60 Å². The lowest BCUT2D eigenvalue weighted by Gasteiger charge is -2.35. The molecule has 0 bridgehead atoms. The maximum absolute atomic E-state index is 13.2. The summed E-state index contributed by atoms with van der Waals surface area (Å²) in [5.74, 6) is 0.0975. The molecule has 0 aromatic rings. The molecule has 176 valence electrons. The molecule has 0 spiro atoms. The fourth-order valence-corrected chi connectivity index (χ4v) is 4.23. The topological polar surface area (TPSA) is 124 Å². The molecule has 0 aromatic carbocycles. The third-order valence-electron chi connectivity index (χ3n) is 4.92. The van der Waals surface area contributed by atoms with Gasteiger partial charge in [-0.05, 0) is 38.9 Å². The van der Waals surface area contributed by atoms with Crippen LogP contribution in [0, 0.1) is 0 Å². The summed E-state index contributed by atoms with van der Waals surface area (Å²) in [6.45, 7) is 5.22. The van der Waals surface area contributed by atoms with Crippen molar-refractivity contribution in [2.45, 2.75) is 83.4 Å². The van der Waals surface area contributed by atoms with Crippen molar-refractivity contribution in [3.8, 4) is 0 Å². The van der Waals surface area contributed by atoms with Crippen LogP contribution in [-0.4, -0.2) is 87.6 Å². The van der Waals surface area contributed by atoms with Crippen molar-refractivity contribution in [3.05, 3.63) is 0 Å². The Morgan fingerprint density at radius 1 is 1.03 bits per heavy atom. The molecular formula is C21H41N3O5S. The Kier molecular flexibility index (Phi) is 14.0. The molecule has 0 saturated heterocycles. The van der Waals surface area contributed by atoms with Crippen LogP contribution in [-0.2, 0) is 14.4 Å². The normalized spacial score (nSPS) is 13.6. The largest absolute Gasteiger partial charge is 0.396 e. The summed E-state index contributed by atoms with van der Waals surface area (Å²) in [5, 5.41) is 18.9. The van der Waals surface area contributed by atoms with Crippen LogP contribution in [0.4, 0.5) is 0 Å². The lowest BCUT2D eigenvalue weighted by atomic mass is 9.97. The van der Waals surface area contributed by atoms with Crippen LogP contribution in [0.2, 0.25) is 0 Å². The fourth-order valence-electron chi connectivity index (χ4n) is 3.07. The number of aliphatic hydroxyl groups is 2. The molecule has 8 nitrogen and oxygen atoms in total. The van der Waals surface area contributed by atoms with Crippen molar-refractivity contribution in [2.75, 3.05) is 32.2 Å². The standard InChI is InChI=1S/C21H41N3O5S/c1-6-11-18(26)23(4)17(15-30-13-10-8-7-9-12-25)20(28)24(5)16(19(22)27)14-21(2,3)29/h16-17,25,29H,6-15H2,1-5H3,(H2,22,27)/t16-,17+/m0/s1. The molecule has 0 aliphatic carbocycles. The van der Waals surface area contributed by atoms with E-state index in [9.17, 15) is 19.5 Å². The highest BCUT2D eigenvalue weighted by atomic mass is 32.2. The highest BCUT2D eigenvalue weighted by Crippen LogP contribution is 2.19. The second-order valence-electron chi connectivity index (χ2n) is 8.37. The molecule has 2 atom stereocenters. The first kappa shape index (κ1) is 28.7. The molecule has 0 rings (SSSR count). The minimum Gasteiger partial charge on any atom is -0.396 e. The van der Waals surface area contributed by atoms with E-state index >= 15 is 0 Å². The number of amides is 3. The predicted molar refractivity (Wildman–Crippen MR) is 121 cm³/mol. The molecule has 0 saturated carbocycles. The lowest BCUT2D eigenvalue weighted by Crippen LogP contribution is -2.56. The Bertz CT molecular complexity index is 539. The second-order valence-corrected chi connectivity index (χ2v) is 9.52. The minimum absolute atomic E-state index is 0.0158. The Balaban J connectivity index is 5.23. The van der Waals surface area contributed by atoms with E-state index < -0.39 is 23.6 Å². The number of primary amides is 1. The van der Waals surface area contributed by atoms with Crippen LogP contribution in [0.1, 0.15) is 65.7 Å². The van der Waals surface area contributed by atoms with Crippen LogP contribution in [0.25, 0.3) is 0 Å². The number of hydrogen-bond donors (Lipinski definition) is 3. The van der Waals surface area contributed by atoms with Crippen molar-refractivity contribution >= 4 is 29.5 Å². The lowest BCUT2D eigenvalue weighted by molar-refractivity contribution is -0.147. The van der Waals surface area contributed by atoms with E-state index in [2.05, 4.69) is 0 Å². The van der Waals surface area contributed by atoms with Crippen LogP contribution in [0.3, 0.4) is 0 Å².